The van der Waals surface area contributed by atoms with Crippen molar-refractivity contribution in [2.45, 2.75) is 24.9 Å². The van der Waals surface area contributed by atoms with Gasteiger partial charge in [-0.15, -0.1) is 0 Å². The van der Waals surface area contributed by atoms with Crippen LogP contribution in [0.2, 0.25) is 0 Å². The molecule has 0 aliphatic carbocycles. The number of hydrogen-bond donors (Lipinski definition) is 1. The van der Waals surface area contributed by atoms with Gasteiger partial charge in [0.05, 0.1) is 23.7 Å². The summed E-state index contributed by atoms with van der Waals surface area (Å²) in [5.41, 5.74) is -1.13. The Bertz CT molecular complexity index is 867. The van der Waals surface area contributed by atoms with Crippen LogP contribution < -0.4 is 14.2 Å². The summed E-state index contributed by atoms with van der Waals surface area (Å²) in [5, 5.41) is 0. The van der Waals surface area contributed by atoms with Gasteiger partial charge in [0.2, 0.25) is 0 Å². The molecule has 0 heterocycles. The molecule has 2 aromatic rings. The molecule has 0 amide bonds. The minimum absolute atomic E-state index is 0.151. The highest BCUT2D eigenvalue weighted by Gasteiger charge is 2.30. The van der Waals surface area contributed by atoms with Crippen LogP contribution in [0.4, 0.5) is 18.9 Å². The van der Waals surface area contributed by atoms with Gasteiger partial charge in [0.15, 0.2) is 11.5 Å². The van der Waals surface area contributed by atoms with Crippen LogP contribution in [0.5, 0.6) is 11.5 Å². The van der Waals surface area contributed by atoms with Crippen LogP contribution in [0.15, 0.2) is 47.4 Å². The van der Waals surface area contributed by atoms with E-state index >= 15 is 0 Å². The van der Waals surface area contributed by atoms with Gasteiger partial charge >= 0.3 is 6.18 Å². The standard InChI is InChI=1S/C17H18F3NO4S/c1-3-24-15-9-8-14(11-16(15)25-4-2)26(22,23)21-13-7-5-6-12(10-13)17(18,19)20/h5-11,21H,3-4H2,1-2H3. The maximum absolute atomic E-state index is 12.8. The van der Waals surface area contributed by atoms with Gasteiger partial charge in [0.1, 0.15) is 0 Å². The quantitative estimate of drug-likeness (QED) is 0.767. The molecule has 0 aliphatic rings. The van der Waals surface area contributed by atoms with Gasteiger partial charge in [-0.1, -0.05) is 6.07 Å². The van der Waals surface area contributed by atoms with Crippen molar-refractivity contribution in [2.24, 2.45) is 0 Å². The van der Waals surface area contributed by atoms with Crippen molar-refractivity contribution in [3.05, 3.63) is 48.0 Å². The molecule has 2 aromatic carbocycles. The summed E-state index contributed by atoms with van der Waals surface area (Å²) in [4.78, 5) is -0.151. The molecule has 0 bridgehead atoms. The number of hydrogen-bond acceptors (Lipinski definition) is 4. The van der Waals surface area contributed by atoms with E-state index in [1.807, 2.05) is 0 Å². The first-order chi connectivity index (χ1) is 12.2. The van der Waals surface area contributed by atoms with Gasteiger partial charge in [-0.05, 0) is 44.2 Å². The zero-order valence-electron chi connectivity index (χ0n) is 14.1. The van der Waals surface area contributed by atoms with Crippen molar-refractivity contribution < 1.29 is 31.1 Å². The number of benzene rings is 2. The Hall–Kier alpha value is -2.42. The van der Waals surface area contributed by atoms with E-state index in [0.717, 1.165) is 18.2 Å². The molecular weight excluding hydrogens is 371 g/mol. The molecule has 0 radical (unpaired) electrons. The molecule has 0 fully saturated rings. The molecule has 2 rings (SSSR count). The fraction of sp³-hybridized carbons (Fsp3) is 0.294. The molecule has 1 N–H and O–H groups in total. The van der Waals surface area contributed by atoms with E-state index in [0.29, 0.717) is 19.0 Å². The predicted octanol–water partition coefficient (Wildman–Crippen LogP) is 4.30. The van der Waals surface area contributed by atoms with Crippen molar-refractivity contribution in [1.29, 1.82) is 0 Å². The lowest BCUT2D eigenvalue weighted by Crippen LogP contribution is -2.14. The van der Waals surface area contributed by atoms with Crippen molar-refractivity contribution in [1.82, 2.24) is 0 Å². The summed E-state index contributed by atoms with van der Waals surface area (Å²) in [7, 11) is -4.10. The Balaban J connectivity index is 2.34. The number of halogens is 3. The van der Waals surface area contributed by atoms with E-state index in [2.05, 4.69) is 4.72 Å². The zero-order chi connectivity index (χ0) is 19.4. The molecule has 0 saturated carbocycles. The van der Waals surface area contributed by atoms with Crippen molar-refractivity contribution in [3.8, 4) is 11.5 Å². The molecular formula is C17H18F3NO4S. The lowest BCUT2D eigenvalue weighted by atomic mass is 10.2. The van der Waals surface area contributed by atoms with E-state index in [4.69, 9.17) is 9.47 Å². The normalized spacial score (nSPS) is 11.9. The zero-order valence-corrected chi connectivity index (χ0v) is 14.9. The molecule has 0 saturated heterocycles. The topological polar surface area (TPSA) is 64.6 Å². The predicted molar refractivity (Wildman–Crippen MR) is 91.0 cm³/mol. The highest BCUT2D eigenvalue weighted by molar-refractivity contribution is 7.92. The summed E-state index contributed by atoms with van der Waals surface area (Å²) < 4.78 is 76.2. The van der Waals surface area contributed by atoms with Crippen LogP contribution in [0.3, 0.4) is 0 Å². The van der Waals surface area contributed by atoms with Crippen LogP contribution in [0.1, 0.15) is 19.4 Å². The second-order valence-electron chi connectivity index (χ2n) is 5.16. The summed E-state index contributed by atoms with van der Waals surface area (Å²) in [6, 6.07) is 7.97. The molecule has 0 unspecified atom stereocenters. The second kappa shape index (κ2) is 7.86. The van der Waals surface area contributed by atoms with Crippen molar-refractivity contribution in [2.75, 3.05) is 17.9 Å². The van der Waals surface area contributed by atoms with Gasteiger partial charge in [0.25, 0.3) is 10.0 Å². The van der Waals surface area contributed by atoms with Gasteiger partial charge in [0, 0.05) is 11.8 Å². The molecule has 0 aliphatic heterocycles. The molecule has 142 valence electrons. The van der Waals surface area contributed by atoms with Gasteiger partial charge in [-0.3, -0.25) is 4.72 Å². The minimum atomic E-state index is -4.57. The monoisotopic (exact) mass is 389 g/mol. The largest absolute Gasteiger partial charge is 0.490 e. The van der Waals surface area contributed by atoms with E-state index in [9.17, 15) is 21.6 Å². The Morgan fingerprint density at radius 2 is 1.62 bits per heavy atom. The smallest absolute Gasteiger partial charge is 0.416 e. The number of alkyl halides is 3. The average molecular weight is 389 g/mol. The maximum Gasteiger partial charge on any atom is 0.416 e. The Labute approximate surface area is 149 Å². The molecule has 0 atom stereocenters. The minimum Gasteiger partial charge on any atom is -0.490 e. The van der Waals surface area contributed by atoms with E-state index < -0.39 is 21.8 Å². The van der Waals surface area contributed by atoms with Crippen LogP contribution in [0, 0.1) is 0 Å². The van der Waals surface area contributed by atoms with Crippen molar-refractivity contribution in [3.63, 3.8) is 0 Å². The van der Waals surface area contributed by atoms with E-state index in [-0.39, 0.29) is 16.3 Å². The first-order valence-electron chi connectivity index (χ1n) is 7.77. The number of anilines is 1. The first-order valence-corrected chi connectivity index (χ1v) is 9.25. The molecule has 0 spiro atoms. The lowest BCUT2D eigenvalue weighted by molar-refractivity contribution is -0.137. The molecule has 9 heteroatoms. The summed E-state index contributed by atoms with van der Waals surface area (Å²) in [5.74, 6) is 0.619. The molecule has 0 aromatic heterocycles. The maximum atomic E-state index is 12.8. The van der Waals surface area contributed by atoms with Crippen molar-refractivity contribution >= 4 is 15.7 Å². The average Bonchev–Trinajstić information content (AvgIpc) is 2.56. The van der Waals surface area contributed by atoms with Crippen LogP contribution in [0.25, 0.3) is 0 Å². The second-order valence-corrected chi connectivity index (χ2v) is 6.84. The van der Waals surface area contributed by atoms with Crippen LogP contribution >= 0.6 is 0 Å². The Morgan fingerprint density at radius 1 is 0.962 bits per heavy atom. The number of sulfonamides is 1. The number of rotatable bonds is 7. The summed E-state index contributed by atoms with van der Waals surface area (Å²) >= 11 is 0. The molecule has 26 heavy (non-hydrogen) atoms. The molecule has 5 nitrogen and oxygen atoms in total. The third kappa shape index (κ3) is 4.81. The van der Waals surface area contributed by atoms with E-state index in [1.165, 1.54) is 24.3 Å². The van der Waals surface area contributed by atoms with Crippen LogP contribution in [-0.2, 0) is 16.2 Å². The Kier molecular flexibility index (Phi) is 6.01. The van der Waals surface area contributed by atoms with Gasteiger partial charge < -0.3 is 9.47 Å². The third-order valence-corrected chi connectivity index (χ3v) is 4.65. The highest BCUT2D eigenvalue weighted by atomic mass is 32.2. The highest BCUT2D eigenvalue weighted by Crippen LogP contribution is 2.33. The number of ether oxygens (including phenoxy) is 2. The first kappa shape index (κ1) is 19.9. The Morgan fingerprint density at radius 3 is 2.23 bits per heavy atom. The summed E-state index contributed by atoms with van der Waals surface area (Å²) in [6.45, 7) is 4.17. The number of nitrogens with one attached hydrogen (secondary N) is 1. The fourth-order valence-electron chi connectivity index (χ4n) is 2.17. The SMILES string of the molecule is CCOc1ccc(S(=O)(=O)Nc2cccc(C(F)(F)F)c2)cc1OCC. The van der Waals surface area contributed by atoms with Gasteiger partial charge in [-0.25, -0.2) is 8.42 Å². The lowest BCUT2D eigenvalue weighted by Gasteiger charge is -2.14. The summed E-state index contributed by atoms with van der Waals surface area (Å²) in [6.07, 6.45) is -4.57. The van der Waals surface area contributed by atoms with Gasteiger partial charge in [-0.2, -0.15) is 13.2 Å². The fourth-order valence-corrected chi connectivity index (χ4v) is 3.24. The van der Waals surface area contributed by atoms with E-state index in [1.54, 1.807) is 13.8 Å². The third-order valence-electron chi connectivity index (χ3n) is 3.27. The van der Waals surface area contributed by atoms with Crippen LogP contribution in [-0.4, -0.2) is 21.6 Å².